The summed E-state index contributed by atoms with van der Waals surface area (Å²) in [5.74, 6) is -0.135. The number of fused-ring (bicyclic) bond motifs is 1. The van der Waals surface area contributed by atoms with E-state index in [1.54, 1.807) is 31.4 Å². The number of methoxy groups -OCH3 is 2. The van der Waals surface area contributed by atoms with E-state index in [2.05, 4.69) is 10.1 Å². The second kappa shape index (κ2) is 7.89. The number of nitrogens with one attached hydrogen (secondary N) is 1. The first-order chi connectivity index (χ1) is 13.0. The molecule has 2 amide bonds. The number of benzene rings is 1. The molecule has 2 atom stereocenters. The van der Waals surface area contributed by atoms with E-state index in [4.69, 9.17) is 15.2 Å². The van der Waals surface area contributed by atoms with Gasteiger partial charge < -0.3 is 19.9 Å². The molecule has 1 saturated heterocycles. The largest absolute Gasteiger partial charge is 0.497 e. The molecule has 1 unspecified atom stereocenters. The summed E-state index contributed by atoms with van der Waals surface area (Å²) in [4.78, 5) is 37.7. The van der Waals surface area contributed by atoms with Crippen LogP contribution in [0.5, 0.6) is 5.75 Å². The molecule has 2 aliphatic heterocycles. The number of carbonyl (C=O) groups is 3. The standard InChI is InChI=1S/C17H19N3O6S/c1-24-10-5-3-9(4-6-10)7-26-16(22)13-11(19-17(23)25-2)8-27-15-12(18)14(21)20(13)15/h3-6,12,15H,7-8,18H2,1-2H3,(H,19,23)/t12?,15-/m0/s1. The molecule has 1 fully saturated rings. The van der Waals surface area contributed by atoms with Gasteiger partial charge in [-0.15, -0.1) is 11.8 Å². The van der Waals surface area contributed by atoms with Crippen LogP contribution in [0.3, 0.4) is 0 Å². The third kappa shape index (κ3) is 3.71. The Morgan fingerprint density at radius 1 is 1.30 bits per heavy atom. The minimum atomic E-state index is -0.734. The van der Waals surface area contributed by atoms with E-state index in [1.165, 1.54) is 23.8 Å². The second-order valence-corrected chi connectivity index (χ2v) is 6.91. The van der Waals surface area contributed by atoms with E-state index in [0.717, 1.165) is 5.56 Å². The molecule has 0 saturated carbocycles. The molecule has 1 aromatic carbocycles. The number of alkyl carbamates (subject to hydrolysis) is 1. The van der Waals surface area contributed by atoms with Gasteiger partial charge in [0, 0.05) is 5.75 Å². The van der Waals surface area contributed by atoms with E-state index in [-0.39, 0.29) is 23.4 Å². The Morgan fingerprint density at radius 2 is 2.00 bits per heavy atom. The molecule has 3 rings (SSSR count). The Bertz CT molecular complexity index is 794. The zero-order chi connectivity index (χ0) is 19.6. The Morgan fingerprint density at radius 3 is 2.63 bits per heavy atom. The van der Waals surface area contributed by atoms with Crippen LogP contribution in [-0.4, -0.2) is 54.3 Å². The van der Waals surface area contributed by atoms with Gasteiger partial charge in [0.2, 0.25) is 5.91 Å². The van der Waals surface area contributed by atoms with Crippen LogP contribution in [0.25, 0.3) is 0 Å². The van der Waals surface area contributed by atoms with Crippen LogP contribution < -0.4 is 15.8 Å². The molecule has 2 aliphatic rings. The van der Waals surface area contributed by atoms with Crippen molar-refractivity contribution in [3.63, 3.8) is 0 Å². The Hall–Kier alpha value is -2.72. The minimum absolute atomic E-state index is 0.00370. The first-order valence-corrected chi connectivity index (χ1v) is 9.09. The van der Waals surface area contributed by atoms with Gasteiger partial charge in [0.15, 0.2) is 5.70 Å². The van der Waals surface area contributed by atoms with Gasteiger partial charge in [-0.2, -0.15) is 0 Å². The Kier molecular flexibility index (Phi) is 5.57. The van der Waals surface area contributed by atoms with E-state index in [1.807, 2.05) is 0 Å². The molecule has 9 nitrogen and oxygen atoms in total. The van der Waals surface area contributed by atoms with Gasteiger partial charge in [-0.1, -0.05) is 12.1 Å². The minimum Gasteiger partial charge on any atom is -0.497 e. The molecule has 0 spiro atoms. The fourth-order valence-electron chi connectivity index (χ4n) is 2.71. The number of hydrogen-bond acceptors (Lipinski definition) is 8. The summed E-state index contributed by atoms with van der Waals surface area (Å²) in [6.45, 7) is 0.00370. The molecule has 0 bridgehead atoms. The highest BCUT2D eigenvalue weighted by atomic mass is 32.2. The van der Waals surface area contributed by atoms with Crippen molar-refractivity contribution < 1.29 is 28.6 Å². The van der Waals surface area contributed by atoms with Crippen molar-refractivity contribution in [1.82, 2.24) is 10.2 Å². The average Bonchev–Trinajstić information content (AvgIpc) is 2.71. The number of nitrogens with zero attached hydrogens (tertiary/aromatic N) is 1. The number of amides is 2. The average molecular weight is 393 g/mol. The van der Waals surface area contributed by atoms with Crippen molar-refractivity contribution in [1.29, 1.82) is 0 Å². The summed E-state index contributed by atoms with van der Waals surface area (Å²) in [5, 5.41) is 2.12. The SMILES string of the molecule is COC(=O)NC1=C(C(=O)OCc2ccc(OC)cc2)N2C(=O)C(N)[C@@H]2SC1. The molecule has 27 heavy (non-hydrogen) atoms. The van der Waals surface area contributed by atoms with Gasteiger partial charge in [-0.3, -0.25) is 15.0 Å². The van der Waals surface area contributed by atoms with Gasteiger partial charge >= 0.3 is 12.1 Å². The smallest absolute Gasteiger partial charge is 0.411 e. The summed E-state index contributed by atoms with van der Waals surface area (Å²) in [6, 6.07) is 6.34. The lowest BCUT2D eigenvalue weighted by atomic mass is 10.1. The second-order valence-electron chi connectivity index (χ2n) is 5.80. The monoisotopic (exact) mass is 393 g/mol. The first-order valence-electron chi connectivity index (χ1n) is 8.04. The van der Waals surface area contributed by atoms with Crippen molar-refractivity contribution >= 4 is 29.7 Å². The number of hydrogen-bond donors (Lipinski definition) is 2. The zero-order valence-corrected chi connectivity index (χ0v) is 15.6. The number of rotatable bonds is 5. The van der Waals surface area contributed by atoms with Gasteiger partial charge in [0.05, 0.1) is 19.9 Å². The van der Waals surface area contributed by atoms with E-state index >= 15 is 0 Å². The normalized spacial score (nSPS) is 21.1. The first kappa shape index (κ1) is 19.1. The quantitative estimate of drug-likeness (QED) is 0.550. The summed E-state index contributed by atoms with van der Waals surface area (Å²) in [5.41, 5.74) is 6.79. The van der Waals surface area contributed by atoms with E-state index in [0.29, 0.717) is 11.5 Å². The maximum absolute atomic E-state index is 12.7. The zero-order valence-electron chi connectivity index (χ0n) is 14.8. The molecule has 10 heteroatoms. The van der Waals surface area contributed by atoms with E-state index < -0.39 is 24.0 Å². The van der Waals surface area contributed by atoms with Crippen LogP contribution in [0, 0.1) is 0 Å². The van der Waals surface area contributed by atoms with E-state index in [9.17, 15) is 14.4 Å². The van der Waals surface area contributed by atoms with Crippen LogP contribution in [0.2, 0.25) is 0 Å². The predicted molar refractivity (Wildman–Crippen MR) is 96.4 cm³/mol. The molecule has 2 heterocycles. The summed E-state index contributed by atoms with van der Waals surface area (Å²) < 4.78 is 15.0. The molecule has 0 radical (unpaired) electrons. The third-order valence-electron chi connectivity index (χ3n) is 4.17. The third-order valence-corrected chi connectivity index (χ3v) is 5.47. The van der Waals surface area contributed by atoms with Crippen LogP contribution in [0.15, 0.2) is 35.7 Å². The van der Waals surface area contributed by atoms with Gasteiger partial charge in [0.1, 0.15) is 23.8 Å². The fourth-order valence-corrected chi connectivity index (χ4v) is 3.94. The highest BCUT2D eigenvalue weighted by Gasteiger charge is 2.52. The van der Waals surface area contributed by atoms with Crippen LogP contribution in [0.4, 0.5) is 4.79 Å². The number of esters is 1. The molecule has 1 aromatic rings. The molecule has 3 N–H and O–H groups in total. The lowest BCUT2D eigenvalue weighted by Gasteiger charge is -2.48. The van der Waals surface area contributed by atoms with Gasteiger partial charge in [-0.05, 0) is 17.7 Å². The van der Waals surface area contributed by atoms with Gasteiger partial charge in [-0.25, -0.2) is 9.59 Å². The summed E-state index contributed by atoms with van der Waals surface area (Å²) in [6.07, 6.45) is -0.734. The highest BCUT2D eigenvalue weighted by molar-refractivity contribution is 8.00. The molecular formula is C17H19N3O6S. The molecular weight excluding hydrogens is 374 g/mol. The topological polar surface area (TPSA) is 120 Å². The molecule has 0 aromatic heterocycles. The summed E-state index contributed by atoms with van der Waals surface area (Å²) in [7, 11) is 2.77. The van der Waals surface area contributed by atoms with Crippen LogP contribution >= 0.6 is 11.8 Å². The molecule has 144 valence electrons. The van der Waals surface area contributed by atoms with Crippen molar-refractivity contribution in [3.05, 3.63) is 41.2 Å². The lowest BCUT2D eigenvalue weighted by molar-refractivity contribution is -0.151. The van der Waals surface area contributed by atoms with Crippen molar-refractivity contribution in [2.45, 2.75) is 18.0 Å². The van der Waals surface area contributed by atoms with Crippen molar-refractivity contribution in [2.75, 3.05) is 20.0 Å². The maximum Gasteiger partial charge on any atom is 0.411 e. The lowest BCUT2D eigenvalue weighted by Crippen LogP contribution is -2.69. The fraction of sp³-hybridized carbons (Fsp3) is 0.353. The Labute approximate surface area is 159 Å². The number of nitrogens with two attached hydrogens (primary N) is 1. The molecule has 0 aliphatic carbocycles. The van der Waals surface area contributed by atoms with Crippen molar-refractivity contribution in [2.24, 2.45) is 5.73 Å². The van der Waals surface area contributed by atoms with Crippen LogP contribution in [-0.2, 0) is 25.7 Å². The Balaban J connectivity index is 1.78. The van der Waals surface area contributed by atoms with Crippen LogP contribution in [0.1, 0.15) is 5.56 Å². The predicted octanol–water partition coefficient (Wildman–Crippen LogP) is 0.548. The number of ether oxygens (including phenoxy) is 3. The maximum atomic E-state index is 12.7. The number of thioether (sulfide) groups is 1. The van der Waals surface area contributed by atoms with Gasteiger partial charge in [0.25, 0.3) is 0 Å². The number of β-lactam (4-membered cyclic amide) rings is 1. The number of carbonyl (C=O) groups excluding carboxylic acids is 3. The summed E-state index contributed by atoms with van der Waals surface area (Å²) >= 11 is 1.36. The van der Waals surface area contributed by atoms with Crippen molar-refractivity contribution in [3.8, 4) is 5.75 Å². The highest BCUT2D eigenvalue weighted by Crippen LogP contribution is 2.39.